The molecule has 0 aromatic carbocycles. The fourth-order valence-electron chi connectivity index (χ4n) is 2.62. The summed E-state index contributed by atoms with van der Waals surface area (Å²) in [6.45, 7) is 4.98. The Morgan fingerprint density at radius 2 is 2.19 bits per heavy atom. The van der Waals surface area contributed by atoms with Crippen molar-refractivity contribution in [1.29, 1.82) is 0 Å². The molecule has 0 bridgehead atoms. The molecule has 3 unspecified atom stereocenters. The number of nitrogens with zero attached hydrogens (tertiary/aromatic N) is 1. The van der Waals surface area contributed by atoms with E-state index >= 15 is 0 Å². The number of hydrogen-bond donors (Lipinski definition) is 2. The lowest BCUT2D eigenvalue weighted by atomic mass is 9.64. The van der Waals surface area contributed by atoms with E-state index in [2.05, 4.69) is 19.2 Å². The van der Waals surface area contributed by atoms with Crippen LogP contribution < -0.4 is 5.32 Å². The van der Waals surface area contributed by atoms with Gasteiger partial charge < -0.3 is 15.3 Å². The Morgan fingerprint density at radius 3 is 2.69 bits per heavy atom. The van der Waals surface area contributed by atoms with E-state index in [1.165, 1.54) is 0 Å². The van der Waals surface area contributed by atoms with Crippen molar-refractivity contribution < 1.29 is 9.90 Å². The van der Waals surface area contributed by atoms with Crippen LogP contribution in [0.4, 0.5) is 0 Å². The average Bonchev–Trinajstić information content (AvgIpc) is 2.23. The molecule has 2 rings (SSSR count). The second-order valence-electron chi connectivity index (χ2n) is 5.80. The molecule has 16 heavy (non-hydrogen) atoms. The van der Waals surface area contributed by atoms with E-state index in [1.807, 2.05) is 7.05 Å². The summed E-state index contributed by atoms with van der Waals surface area (Å²) in [5.74, 6) is 0.242. The normalized spacial score (nSPS) is 38.4. The lowest BCUT2D eigenvalue weighted by Crippen LogP contribution is -2.63. The highest BCUT2D eigenvalue weighted by Crippen LogP contribution is 2.40. The van der Waals surface area contributed by atoms with Crippen LogP contribution in [0.15, 0.2) is 0 Å². The molecule has 3 atom stereocenters. The third-order valence-corrected chi connectivity index (χ3v) is 4.28. The predicted octanol–water partition coefficient (Wildman–Crippen LogP) is 0.356. The second-order valence-corrected chi connectivity index (χ2v) is 5.80. The lowest BCUT2D eigenvalue weighted by Gasteiger charge is -2.51. The van der Waals surface area contributed by atoms with Gasteiger partial charge in [-0.15, -0.1) is 0 Å². The van der Waals surface area contributed by atoms with Crippen molar-refractivity contribution >= 4 is 5.91 Å². The molecule has 4 heteroatoms. The van der Waals surface area contributed by atoms with Crippen molar-refractivity contribution in [1.82, 2.24) is 10.2 Å². The van der Waals surface area contributed by atoms with Gasteiger partial charge in [-0.05, 0) is 12.8 Å². The number of likely N-dealkylation sites (N-methyl/N-ethyl adjacent to an activating group) is 1. The summed E-state index contributed by atoms with van der Waals surface area (Å²) in [6.07, 6.45) is 2.21. The van der Waals surface area contributed by atoms with Gasteiger partial charge in [0.15, 0.2) is 0 Å². The third-order valence-electron chi connectivity index (χ3n) is 4.28. The van der Waals surface area contributed by atoms with Crippen LogP contribution in [0.25, 0.3) is 0 Å². The van der Waals surface area contributed by atoms with Crippen molar-refractivity contribution in [2.75, 3.05) is 13.6 Å². The van der Waals surface area contributed by atoms with Gasteiger partial charge in [0.2, 0.25) is 5.91 Å². The fraction of sp³-hybridized carbons (Fsp3) is 0.917. The molecule has 92 valence electrons. The van der Waals surface area contributed by atoms with Crippen LogP contribution in [-0.4, -0.2) is 47.7 Å². The molecule has 1 aliphatic carbocycles. The number of rotatable bonds is 2. The van der Waals surface area contributed by atoms with Gasteiger partial charge in [0, 0.05) is 37.5 Å². The van der Waals surface area contributed by atoms with Crippen LogP contribution in [0.1, 0.15) is 33.1 Å². The maximum absolute atomic E-state index is 11.3. The molecule has 2 aliphatic rings. The standard InChI is InChI=1S/C12H22N2O2/c1-12(2)9(6-10(12)15)13-8-4-5-11(16)14(3)7-8/h8-10,13,15H,4-7H2,1-3H3. The topological polar surface area (TPSA) is 52.6 Å². The maximum Gasteiger partial charge on any atom is 0.222 e. The van der Waals surface area contributed by atoms with E-state index in [0.717, 1.165) is 19.4 Å². The zero-order valence-electron chi connectivity index (χ0n) is 10.4. The van der Waals surface area contributed by atoms with Gasteiger partial charge in [0.25, 0.3) is 0 Å². The van der Waals surface area contributed by atoms with Gasteiger partial charge in [-0.25, -0.2) is 0 Å². The van der Waals surface area contributed by atoms with Crippen LogP contribution in [-0.2, 0) is 4.79 Å². The van der Waals surface area contributed by atoms with Gasteiger partial charge in [0.1, 0.15) is 0 Å². The smallest absolute Gasteiger partial charge is 0.222 e. The minimum atomic E-state index is -0.187. The van der Waals surface area contributed by atoms with Gasteiger partial charge in [-0.1, -0.05) is 13.8 Å². The molecule has 1 saturated carbocycles. The molecule has 2 N–H and O–H groups in total. The summed E-state index contributed by atoms with van der Waals surface area (Å²) in [4.78, 5) is 13.1. The van der Waals surface area contributed by atoms with Crippen molar-refractivity contribution in [3.8, 4) is 0 Å². The van der Waals surface area contributed by atoms with Crippen LogP contribution in [0.3, 0.4) is 0 Å². The third kappa shape index (κ3) is 1.96. The number of amides is 1. The van der Waals surface area contributed by atoms with Crippen LogP contribution in [0, 0.1) is 5.41 Å². The quantitative estimate of drug-likeness (QED) is 0.714. The second kappa shape index (κ2) is 4.00. The molecule has 2 fully saturated rings. The average molecular weight is 226 g/mol. The summed E-state index contributed by atoms with van der Waals surface area (Å²) >= 11 is 0. The van der Waals surface area contributed by atoms with E-state index in [0.29, 0.717) is 18.5 Å². The summed E-state index contributed by atoms with van der Waals surface area (Å²) in [6, 6.07) is 0.772. The Kier molecular flexibility index (Phi) is 2.97. The zero-order valence-corrected chi connectivity index (χ0v) is 10.4. The van der Waals surface area contributed by atoms with Crippen molar-refractivity contribution in [2.45, 2.75) is 51.3 Å². The highest BCUT2D eigenvalue weighted by molar-refractivity contribution is 5.76. The number of hydrogen-bond acceptors (Lipinski definition) is 3. The molecule has 1 saturated heterocycles. The van der Waals surface area contributed by atoms with Crippen molar-refractivity contribution in [2.24, 2.45) is 5.41 Å². The fourth-order valence-corrected chi connectivity index (χ4v) is 2.62. The summed E-state index contributed by atoms with van der Waals surface area (Å²) in [5.41, 5.74) is -0.0278. The molecular weight excluding hydrogens is 204 g/mol. The Morgan fingerprint density at radius 1 is 1.50 bits per heavy atom. The molecule has 1 amide bonds. The number of likely N-dealkylation sites (tertiary alicyclic amines) is 1. The van der Waals surface area contributed by atoms with E-state index in [9.17, 15) is 9.90 Å². The number of aliphatic hydroxyl groups is 1. The lowest BCUT2D eigenvalue weighted by molar-refractivity contribution is -0.133. The van der Waals surface area contributed by atoms with Crippen molar-refractivity contribution in [3.63, 3.8) is 0 Å². The molecule has 0 radical (unpaired) electrons. The summed E-state index contributed by atoms with van der Waals surface area (Å²) in [7, 11) is 1.86. The zero-order chi connectivity index (χ0) is 11.9. The first-order chi connectivity index (χ1) is 7.41. The number of carbonyl (C=O) groups excluding carboxylic acids is 1. The monoisotopic (exact) mass is 226 g/mol. The van der Waals surface area contributed by atoms with Gasteiger partial charge in [0.05, 0.1) is 6.10 Å². The Bertz CT molecular complexity index is 291. The Hall–Kier alpha value is -0.610. The molecule has 0 spiro atoms. The van der Waals surface area contributed by atoms with E-state index in [4.69, 9.17) is 0 Å². The maximum atomic E-state index is 11.3. The largest absolute Gasteiger partial charge is 0.392 e. The minimum Gasteiger partial charge on any atom is -0.392 e. The first-order valence-electron chi connectivity index (χ1n) is 6.09. The Balaban J connectivity index is 1.85. The summed E-state index contributed by atoms with van der Waals surface area (Å²) < 4.78 is 0. The number of piperidine rings is 1. The van der Waals surface area contributed by atoms with E-state index in [-0.39, 0.29) is 17.4 Å². The predicted molar refractivity (Wildman–Crippen MR) is 62.0 cm³/mol. The molecule has 0 aromatic rings. The molecule has 4 nitrogen and oxygen atoms in total. The SMILES string of the molecule is CN1CC(NC2CC(O)C2(C)C)CCC1=O. The molecular formula is C12H22N2O2. The van der Waals surface area contributed by atoms with E-state index in [1.54, 1.807) is 4.90 Å². The highest BCUT2D eigenvalue weighted by atomic mass is 16.3. The summed E-state index contributed by atoms with van der Waals surface area (Å²) in [5, 5.41) is 13.2. The Labute approximate surface area is 97.0 Å². The molecule has 1 aliphatic heterocycles. The van der Waals surface area contributed by atoms with Gasteiger partial charge in [-0.2, -0.15) is 0 Å². The first kappa shape index (κ1) is 11.9. The number of nitrogens with one attached hydrogen (secondary N) is 1. The van der Waals surface area contributed by atoms with Gasteiger partial charge in [-0.3, -0.25) is 4.79 Å². The van der Waals surface area contributed by atoms with Crippen molar-refractivity contribution in [3.05, 3.63) is 0 Å². The van der Waals surface area contributed by atoms with Crippen LogP contribution >= 0.6 is 0 Å². The van der Waals surface area contributed by atoms with E-state index < -0.39 is 0 Å². The van der Waals surface area contributed by atoms with Gasteiger partial charge >= 0.3 is 0 Å². The molecule has 0 aromatic heterocycles. The first-order valence-corrected chi connectivity index (χ1v) is 6.09. The minimum absolute atomic E-state index is 0.0278. The van der Waals surface area contributed by atoms with Crippen LogP contribution in [0.5, 0.6) is 0 Å². The number of carbonyl (C=O) groups is 1. The highest BCUT2D eigenvalue weighted by Gasteiger charge is 2.47. The number of aliphatic hydroxyl groups excluding tert-OH is 1. The molecule has 1 heterocycles. The van der Waals surface area contributed by atoms with Crippen LogP contribution in [0.2, 0.25) is 0 Å².